The summed E-state index contributed by atoms with van der Waals surface area (Å²) in [6, 6.07) is 5.78. The maximum atomic E-state index is 11.9. The summed E-state index contributed by atoms with van der Waals surface area (Å²) in [5.74, 6) is -0.0597. The molecule has 76 valence electrons. The van der Waals surface area contributed by atoms with E-state index < -0.39 is 0 Å². The second kappa shape index (κ2) is 3.90. The first-order valence-electron chi connectivity index (χ1n) is 4.57. The molecule has 0 atom stereocenters. The standard InChI is InChI=1S/C11H10N2OS/c1-7-3-8(2)5-9(4-7)11(14)10-6-15-13-12-10/h3-6H,1-2H3. The summed E-state index contributed by atoms with van der Waals surface area (Å²) in [7, 11) is 0. The number of aromatic nitrogens is 2. The van der Waals surface area contributed by atoms with Crippen LogP contribution in [0.4, 0.5) is 0 Å². The van der Waals surface area contributed by atoms with Crippen LogP contribution in [0, 0.1) is 13.8 Å². The quantitative estimate of drug-likeness (QED) is 0.727. The third-order valence-corrected chi connectivity index (χ3v) is 2.58. The lowest BCUT2D eigenvalue weighted by Gasteiger charge is -2.01. The molecule has 0 amide bonds. The molecule has 0 saturated heterocycles. The van der Waals surface area contributed by atoms with Gasteiger partial charge in [0.1, 0.15) is 5.69 Å². The molecule has 0 radical (unpaired) electrons. The van der Waals surface area contributed by atoms with Crippen LogP contribution in [0.3, 0.4) is 0 Å². The van der Waals surface area contributed by atoms with Gasteiger partial charge in [-0.15, -0.1) is 5.10 Å². The molecule has 0 aliphatic carbocycles. The highest BCUT2D eigenvalue weighted by atomic mass is 32.1. The largest absolute Gasteiger partial charge is 0.287 e. The van der Waals surface area contributed by atoms with Crippen LogP contribution in [0.2, 0.25) is 0 Å². The lowest BCUT2D eigenvalue weighted by molar-refractivity contribution is 0.103. The third kappa shape index (κ3) is 2.10. The fourth-order valence-electron chi connectivity index (χ4n) is 1.52. The number of aryl methyl sites for hydroxylation is 2. The SMILES string of the molecule is Cc1cc(C)cc(C(=O)c2csnn2)c1. The minimum atomic E-state index is -0.0597. The van der Waals surface area contributed by atoms with Gasteiger partial charge in [-0.2, -0.15) is 0 Å². The zero-order valence-electron chi connectivity index (χ0n) is 8.52. The fraction of sp³-hybridized carbons (Fsp3) is 0.182. The van der Waals surface area contributed by atoms with Crippen molar-refractivity contribution in [1.29, 1.82) is 0 Å². The summed E-state index contributed by atoms with van der Waals surface area (Å²) in [5, 5.41) is 5.44. The Morgan fingerprint density at radius 2 is 1.87 bits per heavy atom. The average molecular weight is 218 g/mol. The summed E-state index contributed by atoms with van der Waals surface area (Å²) < 4.78 is 3.68. The van der Waals surface area contributed by atoms with Crippen LogP contribution in [-0.2, 0) is 0 Å². The molecule has 0 spiro atoms. The molecule has 2 aromatic rings. The lowest BCUT2D eigenvalue weighted by atomic mass is 10.0. The Hall–Kier alpha value is -1.55. The molecule has 0 aliphatic rings. The van der Waals surface area contributed by atoms with E-state index in [1.807, 2.05) is 32.0 Å². The highest BCUT2D eigenvalue weighted by molar-refractivity contribution is 7.03. The Morgan fingerprint density at radius 1 is 1.20 bits per heavy atom. The minimum absolute atomic E-state index is 0.0597. The first-order chi connectivity index (χ1) is 7.16. The van der Waals surface area contributed by atoms with E-state index in [-0.39, 0.29) is 5.78 Å². The molecule has 0 unspecified atom stereocenters. The Morgan fingerprint density at radius 3 is 2.40 bits per heavy atom. The topological polar surface area (TPSA) is 42.9 Å². The molecule has 0 bridgehead atoms. The van der Waals surface area contributed by atoms with Crippen molar-refractivity contribution < 1.29 is 4.79 Å². The molecule has 15 heavy (non-hydrogen) atoms. The van der Waals surface area contributed by atoms with E-state index in [9.17, 15) is 4.79 Å². The van der Waals surface area contributed by atoms with Gasteiger partial charge in [-0.05, 0) is 37.5 Å². The van der Waals surface area contributed by atoms with Crippen molar-refractivity contribution >= 4 is 17.3 Å². The number of benzene rings is 1. The number of carbonyl (C=O) groups is 1. The first-order valence-corrected chi connectivity index (χ1v) is 5.40. The summed E-state index contributed by atoms with van der Waals surface area (Å²) in [6.45, 7) is 3.95. The Balaban J connectivity index is 2.42. The van der Waals surface area contributed by atoms with E-state index in [4.69, 9.17) is 0 Å². The predicted molar refractivity (Wildman–Crippen MR) is 59.3 cm³/mol. The van der Waals surface area contributed by atoms with Gasteiger partial charge < -0.3 is 0 Å². The van der Waals surface area contributed by atoms with Crippen LogP contribution < -0.4 is 0 Å². The van der Waals surface area contributed by atoms with Gasteiger partial charge in [0.05, 0.1) is 0 Å². The molecular weight excluding hydrogens is 208 g/mol. The summed E-state index contributed by atoms with van der Waals surface area (Å²) >= 11 is 1.19. The second-order valence-electron chi connectivity index (χ2n) is 3.50. The second-order valence-corrected chi connectivity index (χ2v) is 4.11. The minimum Gasteiger partial charge on any atom is -0.287 e. The van der Waals surface area contributed by atoms with Crippen molar-refractivity contribution in [2.75, 3.05) is 0 Å². The smallest absolute Gasteiger partial charge is 0.214 e. The van der Waals surface area contributed by atoms with Crippen LogP contribution in [0.25, 0.3) is 0 Å². The van der Waals surface area contributed by atoms with Crippen molar-refractivity contribution in [3.63, 3.8) is 0 Å². The molecule has 1 heterocycles. The molecule has 0 fully saturated rings. The van der Waals surface area contributed by atoms with Crippen LogP contribution in [0.15, 0.2) is 23.6 Å². The molecule has 1 aromatic carbocycles. The van der Waals surface area contributed by atoms with Gasteiger partial charge in [0.25, 0.3) is 0 Å². The summed E-state index contributed by atoms with van der Waals surface area (Å²) in [6.07, 6.45) is 0. The van der Waals surface area contributed by atoms with Gasteiger partial charge in [-0.25, -0.2) is 0 Å². The van der Waals surface area contributed by atoms with Crippen molar-refractivity contribution in [3.8, 4) is 0 Å². The van der Waals surface area contributed by atoms with Crippen molar-refractivity contribution in [2.24, 2.45) is 0 Å². The van der Waals surface area contributed by atoms with Gasteiger partial charge in [-0.3, -0.25) is 4.79 Å². The van der Waals surface area contributed by atoms with Crippen LogP contribution in [-0.4, -0.2) is 15.4 Å². The summed E-state index contributed by atoms with van der Waals surface area (Å²) in [4.78, 5) is 11.9. The monoisotopic (exact) mass is 218 g/mol. The number of ketones is 1. The van der Waals surface area contributed by atoms with Crippen molar-refractivity contribution in [1.82, 2.24) is 9.59 Å². The van der Waals surface area contributed by atoms with E-state index >= 15 is 0 Å². The van der Waals surface area contributed by atoms with Crippen LogP contribution in [0.5, 0.6) is 0 Å². The Kier molecular flexibility index (Phi) is 2.60. The molecule has 4 heteroatoms. The predicted octanol–water partition coefficient (Wildman–Crippen LogP) is 2.39. The number of carbonyl (C=O) groups excluding carboxylic acids is 1. The maximum Gasteiger partial charge on any atom is 0.214 e. The molecule has 1 aromatic heterocycles. The zero-order valence-corrected chi connectivity index (χ0v) is 9.34. The van der Waals surface area contributed by atoms with Gasteiger partial charge >= 0.3 is 0 Å². The molecule has 2 rings (SSSR count). The van der Waals surface area contributed by atoms with E-state index in [1.54, 1.807) is 5.38 Å². The first kappa shape index (κ1) is 9.98. The third-order valence-electron chi connectivity index (χ3n) is 2.08. The highest BCUT2D eigenvalue weighted by Gasteiger charge is 2.12. The fourth-order valence-corrected chi connectivity index (χ4v) is 1.95. The van der Waals surface area contributed by atoms with Gasteiger partial charge in [0.2, 0.25) is 5.78 Å². The van der Waals surface area contributed by atoms with Crippen molar-refractivity contribution in [3.05, 3.63) is 46.0 Å². The van der Waals surface area contributed by atoms with E-state index in [2.05, 4.69) is 9.59 Å². The van der Waals surface area contributed by atoms with E-state index in [0.717, 1.165) is 11.1 Å². The molecule has 0 N–H and O–H groups in total. The Bertz CT molecular complexity index is 471. The highest BCUT2D eigenvalue weighted by Crippen LogP contribution is 2.13. The van der Waals surface area contributed by atoms with Gasteiger partial charge in [-0.1, -0.05) is 21.7 Å². The van der Waals surface area contributed by atoms with Gasteiger partial charge in [0.15, 0.2) is 0 Å². The van der Waals surface area contributed by atoms with Gasteiger partial charge in [0, 0.05) is 10.9 Å². The normalized spacial score (nSPS) is 10.3. The van der Waals surface area contributed by atoms with Crippen LogP contribution >= 0.6 is 11.5 Å². The number of hydrogen-bond donors (Lipinski definition) is 0. The number of hydrogen-bond acceptors (Lipinski definition) is 4. The van der Waals surface area contributed by atoms with Crippen LogP contribution in [0.1, 0.15) is 27.2 Å². The van der Waals surface area contributed by atoms with E-state index in [0.29, 0.717) is 11.3 Å². The maximum absolute atomic E-state index is 11.9. The Labute approximate surface area is 91.9 Å². The van der Waals surface area contributed by atoms with E-state index in [1.165, 1.54) is 11.5 Å². The average Bonchev–Trinajstić information content (AvgIpc) is 2.67. The summed E-state index contributed by atoms with van der Waals surface area (Å²) in [5.41, 5.74) is 3.27. The molecule has 0 aliphatic heterocycles. The number of nitrogens with zero attached hydrogens (tertiary/aromatic N) is 2. The molecular formula is C11H10N2OS. The van der Waals surface area contributed by atoms with Crippen molar-refractivity contribution in [2.45, 2.75) is 13.8 Å². The zero-order chi connectivity index (χ0) is 10.8. The lowest BCUT2D eigenvalue weighted by Crippen LogP contribution is -2.02. The molecule has 0 saturated carbocycles. The number of rotatable bonds is 2. The molecule has 3 nitrogen and oxygen atoms in total.